The number of aromatic amines is 1. The number of hydrogen-bond acceptors (Lipinski definition) is 2. The normalized spacial score (nSPS) is 17.4. The molecular formula is C15H15NO3. The molecule has 98 valence electrons. The molecule has 4 nitrogen and oxygen atoms in total. The number of carboxylic acid groups (broad SMARTS) is 1. The van der Waals surface area contributed by atoms with Crippen molar-refractivity contribution in [3.8, 4) is 0 Å². The van der Waals surface area contributed by atoms with Gasteiger partial charge in [0.2, 0.25) is 0 Å². The zero-order chi connectivity index (χ0) is 13.2. The topological polar surface area (TPSA) is 62.3 Å². The molecule has 2 aromatic rings. The number of carboxylic acids is 1. The third kappa shape index (κ3) is 2.39. The van der Waals surface area contributed by atoms with E-state index in [0.717, 1.165) is 29.7 Å². The predicted octanol–water partition coefficient (Wildman–Crippen LogP) is 2.92. The molecule has 1 aromatic carbocycles. The lowest BCUT2D eigenvalue weighted by atomic mass is 10.2. The molecule has 3 rings (SSSR count). The van der Waals surface area contributed by atoms with Crippen molar-refractivity contribution in [2.24, 2.45) is 0 Å². The first-order chi connectivity index (χ1) is 9.24. The Bertz CT molecular complexity index is 589. The molecule has 0 amide bonds. The molecule has 1 aliphatic rings. The number of aryl methyl sites for hydroxylation is 1. The van der Waals surface area contributed by atoms with Gasteiger partial charge in [-0.3, -0.25) is 0 Å². The SMILES string of the molecule is O=C(O)c1cc2c([nH]1)C(OCc1ccccc1)CC2. The first-order valence-electron chi connectivity index (χ1n) is 6.34. The minimum Gasteiger partial charge on any atom is -0.477 e. The molecule has 0 bridgehead atoms. The Balaban J connectivity index is 1.70. The average molecular weight is 257 g/mol. The Kier molecular flexibility index (Phi) is 3.09. The van der Waals surface area contributed by atoms with E-state index in [2.05, 4.69) is 4.98 Å². The van der Waals surface area contributed by atoms with Crippen LogP contribution in [0, 0.1) is 0 Å². The van der Waals surface area contributed by atoms with E-state index in [4.69, 9.17) is 9.84 Å². The van der Waals surface area contributed by atoms with Crippen molar-refractivity contribution in [3.05, 3.63) is 58.9 Å². The fraction of sp³-hybridized carbons (Fsp3) is 0.267. The molecular weight excluding hydrogens is 242 g/mol. The van der Waals surface area contributed by atoms with Crippen molar-refractivity contribution in [3.63, 3.8) is 0 Å². The van der Waals surface area contributed by atoms with Crippen molar-refractivity contribution in [2.75, 3.05) is 0 Å². The van der Waals surface area contributed by atoms with Gasteiger partial charge in [-0.05, 0) is 30.0 Å². The molecule has 0 spiro atoms. The Morgan fingerprint density at radius 2 is 2.16 bits per heavy atom. The largest absolute Gasteiger partial charge is 0.477 e. The van der Waals surface area contributed by atoms with Crippen LogP contribution in [0.2, 0.25) is 0 Å². The lowest BCUT2D eigenvalue weighted by Crippen LogP contribution is -2.03. The zero-order valence-electron chi connectivity index (χ0n) is 10.4. The standard InChI is InChI=1S/C15H15NO3/c17-15(18)12-8-11-6-7-13(14(11)16-12)19-9-10-4-2-1-3-5-10/h1-5,8,13,16H,6-7,9H2,(H,17,18). The fourth-order valence-electron chi connectivity index (χ4n) is 2.49. The average Bonchev–Trinajstić information content (AvgIpc) is 2.98. The highest BCUT2D eigenvalue weighted by Crippen LogP contribution is 2.34. The minimum absolute atomic E-state index is 0.0247. The number of hydrogen-bond donors (Lipinski definition) is 2. The highest BCUT2D eigenvalue weighted by molar-refractivity contribution is 5.86. The molecule has 0 saturated carbocycles. The maximum absolute atomic E-state index is 10.9. The van der Waals surface area contributed by atoms with Gasteiger partial charge in [-0.2, -0.15) is 0 Å². The van der Waals surface area contributed by atoms with Crippen LogP contribution in [0.3, 0.4) is 0 Å². The maximum atomic E-state index is 10.9. The second-order valence-corrected chi connectivity index (χ2v) is 4.75. The van der Waals surface area contributed by atoms with E-state index in [1.807, 2.05) is 30.3 Å². The van der Waals surface area contributed by atoms with E-state index in [1.165, 1.54) is 0 Å². The summed E-state index contributed by atoms with van der Waals surface area (Å²) in [4.78, 5) is 13.9. The third-order valence-electron chi connectivity index (χ3n) is 3.46. The molecule has 0 aliphatic heterocycles. The van der Waals surface area contributed by atoms with Crippen LogP contribution < -0.4 is 0 Å². The number of rotatable bonds is 4. The van der Waals surface area contributed by atoms with Crippen molar-refractivity contribution in [1.29, 1.82) is 0 Å². The van der Waals surface area contributed by atoms with Crippen molar-refractivity contribution in [2.45, 2.75) is 25.6 Å². The van der Waals surface area contributed by atoms with Crippen LogP contribution in [0.25, 0.3) is 0 Å². The van der Waals surface area contributed by atoms with Gasteiger partial charge in [-0.25, -0.2) is 4.79 Å². The second kappa shape index (κ2) is 4.90. The van der Waals surface area contributed by atoms with Gasteiger partial charge in [0, 0.05) is 5.69 Å². The zero-order valence-corrected chi connectivity index (χ0v) is 10.4. The molecule has 4 heteroatoms. The lowest BCUT2D eigenvalue weighted by molar-refractivity contribution is 0.0384. The Morgan fingerprint density at radius 3 is 2.89 bits per heavy atom. The Morgan fingerprint density at radius 1 is 1.37 bits per heavy atom. The van der Waals surface area contributed by atoms with Gasteiger partial charge in [-0.1, -0.05) is 30.3 Å². The van der Waals surface area contributed by atoms with Gasteiger partial charge in [0.05, 0.1) is 12.7 Å². The molecule has 1 atom stereocenters. The van der Waals surface area contributed by atoms with Crippen LogP contribution in [-0.2, 0) is 17.8 Å². The summed E-state index contributed by atoms with van der Waals surface area (Å²) in [7, 11) is 0. The summed E-state index contributed by atoms with van der Waals surface area (Å²) in [5.41, 5.74) is 3.36. The maximum Gasteiger partial charge on any atom is 0.352 e. The number of aromatic carboxylic acids is 1. The van der Waals surface area contributed by atoms with Crippen LogP contribution in [0.5, 0.6) is 0 Å². The van der Waals surface area contributed by atoms with Gasteiger partial charge in [-0.15, -0.1) is 0 Å². The predicted molar refractivity (Wildman–Crippen MR) is 70.0 cm³/mol. The van der Waals surface area contributed by atoms with Crippen LogP contribution in [0.15, 0.2) is 36.4 Å². The molecule has 1 aliphatic carbocycles. The van der Waals surface area contributed by atoms with Crippen LogP contribution in [0.1, 0.15) is 39.8 Å². The number of ether oxygens (including phenoxy) is 1. The first kappa shape index (κ1) is 12.0. The minimum atomic E-state index is -0.920. The molecule has 2 N–H and O–H groups in total. The van der Waals surface area contributed by atoms with E-state index in [0.29, 0.717) is 6.61 Å². The van der Waals surface area contributed by atoms with E-state index < -0.39 is 5.97 Å². The quantitative estimate of drug-likeness (QED) is 0.885. The smallest absolute Gasteiger partial charge is 0.352 e. The highest BCUT2D eigenvalue weighted by atomic mass is 16.5. The van der Waals surface area contributed by atoms with Crippen LogP contribution in [-0.4, -0.2) is 16.1 Å². The fourth-order valence-corrected chi connectivity index (χ4v) is 2.49. The molecule has 0 fully saturated rings. The van der Waals surface area contributed by atoms with Gasteiger partial charge in [0.25, 0.3) is 0 Å². The second-order valence-electron chi connectivity index (χ2n) is 4.75. The number of benzene rings is 1. The van der Waals surface area contributed by atoms with E-state index in [9.17, 15) is 4.79 Å². The molecule has 0 saturated heterocycles. The molecule has 1 unspecified atom stereocenters. The Hall–Kier alpha value is -2.07. The molecule has 0 radical (unpaired) electrons. The third-order valence-corrected chi connectivity index (χ3v) is 3.46. The van der Waals surface area contributed by atoms with Crippen LogP contribution in [0.4, 0.5) is 0 Å². The molecule has 1 aromatic heterocycles. The number of H-pyrrole nitrogens is 1. The van der Waals surface area contributed by atoms with E-state index in [-0.39, 0.29) is 11.8 Å². The van der Waals surface area contributed by atoms with E-state index >= 15 is 0 Å². The lowest BCUT2D eigenvalue weighted by Gasteiger charge is -2.12. The van der Waals surface area contributed by atoms with Gasteiger partial charge >= 0.3 is 5.97 Å². The highest BCUT2D eigenvalue weighted by Gasteiger charge is 2.27. The van der Waals surface area contributed by atoms with Crippen molar-refractivity contribution < 1.29 is 14.6 Å². The van der Waals surface area contributed by atoms with Gasteiger partial charge in [0.15, 0.2) is 0 Å². The molecule has 1 heterocycles. The monoisotopic (exact) mass is 257 g/mol. The van der Waals surface area contributed by atoms with Gasteiger partial charge < -0.3 is 14.8 Å². The summed E-state index contributed by atoms with van der Waals surface area (Å²) in [6.45, 7) is 0.548. The number of carbonyl (C=O) groups is 1. The number of aromatic nitrogens is 1. The summed E-state index contributed by atoms with van der Waals surface area (Å²) in [5, 5.41) is 8.96. The summed E-state index contributed by atoms with van der Waals surface area (Å²) < 4.78 is 5.88. The number of fused-ring (bicyclic) bond motifs is 1. The summed E-state index contributed by atoms with van der Waals surface area (Å²) >= 11 is 0. The van der Waals surface area contributed by atoms with Crippen LogP contribution >= 0.6 is 0 Å². The number of nitrogens with one attached hydrogen (secondary N) is 1. The van der Waals surface area contributed by atoms with Crippen molar-refractivity contribution >= 4 is 5.97 Å². The summed E-state index contributed by atoms with van der Waals surface area (Å²) in [5.74, 6) is -0.920. The summed E-state index contributed by atoms with van der Waals surface area (Å²) in [6.07, 6.45) is 1.76. The van der Waals surface area contributed by atoms with E-state index in [1.54, 1.807) is 6.07 Å². The first-order valence-corrected chi connectivity index (χ1v) is 6.34. The summed E-state index contributed by atoms with van der Waals surface area (Å²) in [6, 6.07) is 11.7. The van der Waals surface area contributed by atoms with Crippen molar-refractivity contribution in [1.82, 2.24) is 4.98 Å². The molecule has 19 heavy (non-hydrogen) atoms. The Labute approximate surface area is 111 Å². The van der Waals surface area contributed by atoms with Gasteiger partial charge in [0.1, 0.15) is 5.69 Å².